The van der Waals surface area contributed by atoms with Crippen LogP contribution in [0, 0.1) is 0 Å². The van der Waals surface area contributed by atoms with Crippen molar-refractivity contribution in [2.75, 3.05) is 19.8 Å². The van der Waals surface area contributed by atoms with Crippen LogP contribution in [-0.4, -0.2) is 167 Å². The van der Waals surface area contributed by atoms with Gasteiger partial charge >= 0.3 is 0 Å². The highest BCUT2D eigenvalue weighted by Crippen LogP contribution is 2.37. The van der Waals surface area contributed by atoms with Gasteiger partial charge in [-0.05, 0) is 17.5 Å². The summed E-state index contributed by atoms with van der Waals surface area (Å²) in [5.41, 5.74) is 33.7. The van der Waals surface area contributed by atoms with E-state index in [1.807, 2.05) is 54.6 Å². The fourth-order valence-corrected chi connectivity index (χ4v) is 7.84. The van der Waals surface area contributed by atoms with Crippen molar-refractivity contribution in [2.24, 2.45) is 28.7 Å². The number of benzene rings is 2. The average Bonchev–Trinajstić information content (AvgIpc) is 3.50. The highest BCUT2D eigenvalue weighted by molar-refractivity contribution is 5.63. The van der Waals surface area contributed by atoms with Gasteiger partial charge in [-0.25, -0.2) is 0 Å². The van der Waals surface area contributed by atoms with Crippen LogP contribution in [0.3, 0.4) is 0 Å². The Morgan fingerprint density at radius 1 is 0.600 bits per heavy atom. The Hall–Kier alpha value is -2.32. The smallest absolute Gasteiger partial charge is 0.187 e. The maximum Gasteiger partial charge on any atom is 0.187 e. The summed E-state index contributed by atoms with van der Waals surface area (Å²) in [5, 5.41) is 64.7. The van der Waals surface area contributed by atoms with Crippen molar-refractivity contribution in [2.45, 2.75) is 129 Å². The van der Waals surface area contributed by atoms with Crippen LogP contribution in [0.5, 0.6) is 0 Å². The van der Waals surface area contributed by atoms with E-state index in [0.717, 1.165) is 16.7 Å². The Labute approximate surface area is 317 Å². The van der Waals surface area contributed by atoms with Crippen LogP contribution >= 0.6 is 0 Å². The van der Waals surface area contributed by atoms with Crippen LogP contribution in [-0.2, 0) is 37.9 Å². The second-order valence-electron chi connectivity index (χ2n) is 14.8. The summed E-state index contributed by atoms with van der Waals surface area (Å²) >= 11 is 0. The van der Waals surface area contributed by atoms with E-state index in [1.54, 1.807) is 0 Å². The lowest BCUT2D eigenvalue weighted by atomic mass is 9.84. The van der Waals surface area contributed by atoms with Crippen molar-refractivity contribution in [1.82, 2.24) is 0 Å². The third-order valence-corrected chi connectivity index (χ3v) is 11.1. The monoisotopic (exact) mass is 779 g/mol. The number of hydrogen-bond donors (Lipinski definition) is 11. The van der Waals surface area contributed by atoms with Crippen molar-refractivity contribution in [3.05, 3.63) is 60.2 Å². The van der Waals surface area contributed by atoms with Gasteiger partial charge in [0.15, 0.2) is 25.2 Å². The SMILES string of the molecule is NCC1O[C@H](O[C@H]2[C@@H](O)[C@H](O[C@@H]3[C@@H](O)[C@H](N)C[C@H](N)[C@@H]3O[C@H]3O[C@@H]4COC(c5ccc(-c6ccccc6)cc5)O[C@H]4[C@H](O)[C@H]3N)O[C@@H]2CO)[C@H](N)[C@@H](O)[C@@H]1O. The van der Waals surface area contributed by atoms with Gasteiger partial charge in [0.25, 0.3) is 0 Å². The zero-order valence-corrected chi connectivity index (χ0v) is 29.9. The Bertz CT molecular complexity index is 1530. The molecule has 2 unspecified atom stereocenters. The number of rotatable bonds is 10. The third-order valence-electron chi connectivity index (χ3n) is 11.1. The molecule has 19 heteroatoms. The average molecular weight is 780 g/mol. The topological polar surface area (TPSA) is 325 Å². The highest BCUT2D eigenvalue weighted by atomic mass is 16.8. The molecule has 4 saturated heterocycles. The van der Waals surface area contributed by atoms with Crippen LogP contribution in [0.4, 0.5) is 0 Å². The molecule has 20 atom stereocenters. The van der Waals surface area contributed by atoms with Crippen molar-refractivity contribution in [1.29, 1.82) is 0 Å². The lowest BCUT2D eigenvalue weighted by molar-refractivity contribution is -0.356. The first-order valence-corrected chi connectivity index (χ1v) is 18.5. The molecular formula is C36H53N5O14. The zero-order chi connectivity index (χ0) is 39.1. The highest BCUT2D eigenvalue weighted by Gasteiger charge is 2.55. The van der Waals surface area contributed by atoms with Gasteiger partial charge in [0, 0.05) is 24.2 Å². The van der Waals surface area contributed by atoms with E-state index in [2.05, 4.69) is 0 Å². The molecule has 7 rings (SSSR count). The Morgan fingerprint density at radius 3 is 1.91 bits per heavy atom. The molecule has 16 N–H and O–H groups in total. The standard InChI is InChI=1S/C36H53N5O14/c37-11-19-25(44)26(45)22(40)34(49-19)54-30-20(12-42)50-36(28(30)47)55-32-24(43)17(38)10-18(39)29(32)52-35-23(41)27(46)31-21(51-35)13-48-33(53-31)16-8-6-15(7-9-16)14-4-2-1-3-5-14/h1-9,17-36,42-47H,10-13,37-41H2/t17-,18+,19?,20-,21-,22-,23-,24+,25-,26-,27-,28-,29+,30-,31-,32-,33?,34-,35-,36+/m1/s1. The van der Waals surface area contributed by atoms with Gasteiger partial charge in [0.05, 0.1) is 31.4 Å². The summed E-state index contributed by atoms with van der Waals surface area (Å²) in [5.74, 6) is 0. The van der Waals surface area contributed by atoms with Gasteiger partial charge in [-0.3, -0.25) is 0 Å². The lowest BCUT2D eigenvalue weighted by Gasteiger charge is -2.49. The number of nitrogens with two attached hydrogens (primary N) is 5. The minimum Gasteiger partial charge on any atom is -0.394 e. The number of fused-ring (bicyclic) bond motifs is 1. The second-order valence-corrected chi connectivity index (χ2v) is 14.8. The van der Waals surface area contributed by atoms with Crippen molar-refractivity contribution >= 4 is 0 Å². The number of hydrogen-bond acceptors (Lipinski definition) is 19. The van der Waals surface area contributed by atoms with Gasteiger partial charge in [0.2, 0.25) is 0 Å². The molecule has 5 aliphatic rings. The summed E-state index contributed by atoms with van der Waals surface area (Å²) in [7, 11) is 0. The molecule has 0 amide bonds. The minimum absolute atomic E-state index is 0.0337. The predicted octanol–water partition coefficient (Wildman–Crippen LogP) is -4.43. The van der Waals surface area contributed by atoms with Gasteiger partial charge in [-0.2, -0.15) is 0 Å². The molecule has 2 aromatic carbocycles. The molecule has 5 fully saturated rings. The minimum atomic E-state index is -1.61. The Kier molecular flexibility index (Phi) is 12.8. The second kappa shape index (κ2) is 17.3. The van der Waals surface area contributed by atoms with E-state index in [0.29, 0.717) is 0 Å². The molecule has 19 nitrogen and oxygen atoms in total. The molecule has 55 heavy (non-hydrogen) atoms. The largest absolute Gasteiger partial charge is 0.394 e. The fourth-order valence-electron chi connectivity index (χ4n) is 7.84. The normalized spacial score (nSPS) is 46.3. The fraction of sp³-hybridized carbons (Fsp3) is 0.667. The summed E-state index contributed by atoms with van der Waals surface area (Å²) in [4.78, 5) is 0. The maximum absolute atomic E-state index is 11.4. The Morgan fingerprint density at radius 2 is 1.22 bits per heavy atom. The summed E-state index contributed by atoms with van der Waals surface area (Å²) in [6.45, 7) is -0.773. The van der Waals surface area contributed by atoms with E-state index < -0.39 is 129 Å². The Balaban J connectivity index is 1.01. The van der Waals surface area contributed by atoms with Crippen LogP contribution in [0.2, 0.25) is 0 Å². The van der Waals surface area contributed by atoms with Crippen molar-refractivity contribution in [3.8, 4) is 11.1 Å². The van der Waals surface area contributed by atoms with Gasteiger partial charge in [-0.15, -0.1) is 0 Å². The number of aliphatic hydroxyl groups excluding tert-OH is 6. The zero-order valence-electron chi connectivity index (χ0n) is 29.9. The summed E-state index contributed by atoms with van der Waals surface area (Å²) in [6, 6.07) is 13.5. The summed E-state index contributed by atoms with van der Waals surface area (Å²) in [6.07, 6.45) is -19.6. The molecule has 4 heterocycles. The van der Waals surface area contributed by atoms with Crippen LogP contribution < -0.4 is 28.7 Å². The van der Waals surface area contributed by atoms with E-state index in [9.17, 15) is 30.6 Å². The molecule has 0 aromatic heterocycles. The molecule has 1 aliphatic carbocycles. The molecule has 0 spiro atoms. The summed E-state index contributed by atoms with van der Waals surface area (Å²) < 4.78 is 48.1. The van der Waals surface area contributed by atoms with Crippen LogP contribution in [0.1, 0.15) is 18.3 Å². The van der Waals surface area contributed by atoms with E-state index in [1.165, 1.54) is 0 Å². The number of aliphatic hydroxyl groups is 6. The van der Waals surface area contributed by atoms with Gasteiger partial charge in [-0.1, -0.05) is 54.6 Å². The van der Waals surface area contributed by atoms with Gasteiger partial charge in [0.1, 0.15) is 67.1 Å². The molecular weight excluding hydrogens is 726 g/mol. The van der Waals surface area contributed by atoms with Crippen LogP contribution in [0.15, 0.2) is 54.6 Å². The quantitative estimate of drug-likeness (QED) is 0.108. The first-order chi connectivity index (χ1) is 26.4. The van der Waals surface area contributed by atoms with Crippen molar-refractivity contribution < 1.29 is 68.5 Å². The maximum atomic E-state index is 11.4. The molecule has 4 aliphatic heterocycles. The molecule has 0 radical (unpaired) electrons. The van der Waals surface area contributed by atoms with E-state index in [4.69, 9.17) is 66.6 Å². The van der Waals surface area contributed by atoms with E-state index in [-0.39, 0.29) is 19.6 Å². The first-order valence-electron chi connectivity index (χ1n) is 18.5. The van der Waals surface area contributed by atoms with E-state index >= 15 is 0 Å². The van der Waals surface area contributed by atoms with Gasteiger partial charge < -0.3 is 97.2 Å². The molecule has 0 bridgehead atoms. The lowest BCUT2D eigenvalue weighted by Crippen LogP contribution is -2.69. The van der Waals surface area contributed by atoms with Crippen LogP contribution in [0.25, 0.3) is 11.1 Å². The first kappa shape index (κ1) is 40.9. The predicted molar refractivity (Wildman–Crippen MR) is 189 cm³/mol. The molecule has 306 valence electrons. The number of ether oxygens (including phenoxy) is 8. The third kappa shape index (κ3) is 8.21. The van der Waals surface area contributed by atoms with Crippen molar-refractivity contribution in [3.63, 3.8) is 0 Å². The molecule has 2 aromatic rings. The molecule has 1 saturated carbocycles.